The summed E-state index contributed by atoms with van der Waals surface area (Å²) in [4.78, 5) is 0. The second-order valence-electron chi connectivity index (χ2n) is 4.38. The molecule has 17 heavy (non-hydrogen) atoms. The third-order valence-corrected chi connectivity index (χ3v) is 3.18. The number of aliphatic hydroxyl groups excluding tert-OH is 1. The van der Waals surface area contributed by atoms with E-state index in [1.165, 1.54) is 0 Å². The van der Waals surface area contributed by atoms with E-state index in [-0.39, 0.29) is 5.92 Å². The molecule has 0 radical (unpaired) electrons. The van der Waals surface area contributed by atoms with Gasteiger partial charge in [0.25, 0.3) is 0 Å². The van der Waals surface area contributed by atoms with Crippen LogP contribution in [0.2, 0.25) is 0 Å². The van der Waals surface area contributed by atoms with E-state index in [4.69, 9.17) is 10.5 Å². The van der Waals surface area contributed by atoms with Gasteiger partial charge in [-0.15, -0.1) is 0 Å². The van der Waals surface area contributed by atoms with Gasteiger partial charge in [-0.3, -0.25) is 0 Å². The number of hydrogen-bond acceptors (Lipinski definition) is 3. The molecule has 0 aliphatic rings. The predicted octanol–water partition coefficient (Wildman–Crippen LogP) is 2.86. The van der Waals surface area contributed by atoms with Gasteiger partial charge in [-0.1, -0.05) is 29.8 Å². The van der Waals surface area contributed by atoms with Crippen molar-refractivity contribution in [2.45, 2.75) is 32.9 Å². The van der Waals surface area contributed by atoms with E-state index in [0.717, 1.165) is 15.8 Å². The quantitative estimate of drug-likeness (QED) is 0.879. The Balaban J connectivity index is 3.05. The Labute approximate surface area is 111 Å². The van der Waals surface area contributed by atoms with Gasteiger partial charge in [0.15, 0.2) is 0 Å². The molecule has 0 heterocycles. The van der Waals surface area contributed by atoms with Crippen LogP contribution in [0.15, 0.2) is 22.7 Å². The monoisotopic (exact) mass is 301 g/mol. The summed E-state index contributed by atoms with van der Waals surface area (Å²) in [5.41, 5.74) is 6.92. The predicted molar refractivity (Wildman–Crippen MR) is 73.1 cm³/mol. The van der Waals surface area contributed by atoms with Gasteiger partial charge in [-0.2, -0.15) is 0 Å². The number of nitrogens with two attached hydrogens (primary N) is 1. The van der Waals surface area contributed by atoms with Crippen molar-refractivity contribution in [2.75, 3.05) is 6.61 Å². The molecule has 0 unspecified atom stereocenters. The summed E-state index contributed by atoms with van der Waals surface area (Å²) in [5, 5.41) is 10.0. The van der Waals surface area contributed by atoms with Gasteiger partial charge in [0.1, 0.15) is 5.75 Å². The Bertz CT molecular complexity index is 368. The average Bonchev–Trinajstić information content (AvgIpc) is 2.29. The molecule has 0 aromatic heterocycles. The van der Waals surface area contributed by atoms with Crippen LogP contribution in [0, 0.1) is 5.92 Å². The highest BCUT2D eigenvalue weighted by molar-refractivity contribution is 9.10. The molecule has 0 saturated carbocycles. The molecule has 1 aromatic carbocycles. The Morgan fingerprint density at radius 2 is 2.06 bits per heavy atom. The van der Waals surface area contributed by atoms with Gasteiger partial charge in [-0.25, -0.2) is 0 Å². The van der Waals surface area contributed by atoms with Crippen LogP contribution in [0.4, 0.5) is 0 Å². The zero-order valence-electron chi connectivity index (χ0n) is 10.5. The maximum atomic E-state index is 10.0. The molecular formula is C13H20BrNO2. The third kappa shape index (κ3) is 3.69. The van der Waals surface area contributed by atoms with E-state index in [1.807, 2.05) is 39.0 Å². The van der Waals surface area contributed by atoms with Crippen molar-refractivity contribution in [2.24, 2.45) is 11.7 Å². The van der Waals surface area contributed by atoms with E-state index < -0.39 is 12.1 Å². The van der Waals surface area contributed by atoms with Crippen molar-refractivity contribution in [3.05, 3.63) is 28.2 Å². The minimum atomic E-state index is -0.580. The molecule has 2 atom stereocenters. The van der Waals surface area contributed by atoms with Crippen LogP contribution in [-0.4, -0.2) is 17.8 Å². The number of aliphatic hydroxyl groups is 1. The first-order chi connectivity index (χ1) is 7.97. The van der Waals surface area contributed by atoms with E-state index in [0.29, 0.717) is 6.61 Å². The van der Waals surface area contributed by atoms with Gasteiger partial charge < -0.3 is 15.6 Å². The molecule has 96 valence electrons. The lowest BCUT2D eigenvalue weighted by molar-refractivity contribution is 0.0966. The van der Waals surface area contributed by atoms with E-state index in [9.17, 15) is 5.11 Å². The highest BCUT2D eigenvalue weighted by atomic mass is 79.9. The van der Waals surface area contributed by atoms with Crippen LogP contribution >= 0.6 is 15.9 Å². The lowest BCUT2D eigenvalue weighted by Crippen LogP contribution is -2.30. The summed E-state index contributed by atoms with van der Waals surface area (Å²) >= 11 is 3.41. The number of benzene rings is 1. The molecule has 1 rings (SSSR count). The highest BCUT2D eigenvalue weighted by Crippen LogP contribution is 2.30. The third-order valence-electron chi connectivity index (χ3n) is 2.68. The first kappa shape index (κ1) is 14.5. The van der Waals surface area contributed by atoms with E-state index in [1.54, 1.807) is 0 Å². The SMILES string of the molecule is CCOc1ccc(Br)cc1[C@@H](N)[C@@H](O)C(C)C. The molecule has 3 nitrogen and oxygen atoms in total. The molecule has 3 N–H and O–H groups in total. The topological polar surface area (TPSA) is 55.5 Å². The first-order valence-electron chi connectivity index (χ1n) is 5.83. The number of hydrogen-bond donors (Lipinski definition) is 2. The minimum Gasteiger partial charge on any atom is -0.494 e. The highest BCUT2D eigenvalue weighted by Gasteiger charge is 2.23. The molecule has 0 fully saturated rings. The van der Waals surface area contributed by atoms with Crippen LogP contribution in [0.3, 0.4) is 0 Å². The second-order valence-corrected chi connectivity index (χ2v) is 5.29. The van der Waals surface area contributed by atoms with Crippen molar-refractivity contribution in [3.63, 3.8) is 0 Å². The van der Waals surface area contributed by atoms with Gasteiger partial charge >= 0.3 is 0 Å². The lowest BCUT2D eigenvalue weighted by Gasteiger charge is -2.24. The lowest BCUT2D eigenvalue weighted by atomic mass is 9.94. The van der Waals surface area contributed by atoms with Gasteiger partial charge in [-0.05, 0) is 31.0 Å². The summed E-state index contributed by atoms with van der Waals surface area (Å²) in [5.74, 6) is 0.848. The normalized spacial score (nSPS) is 14.8. The molecule has 0 amide bonds. The average molecular weight is 302 g/mol. The fourth-order valence-corrected chi connectivity index (χ4v) is 2.04. The largest absolute Gasteiger partial charge is 0.494 e. The summed E-state index contributed by atoms with van der Waals surface area (Å²) in [6, 6.07) is 5.24. The Morgan fingerprint density at radius 1 is 1.41 bits per heavy atom. The van der Waals surface area contributed by atoms with Gasteiger partial charge in [0.2, 0.25) is 0 Å². The van der Waals surface area contributed by atoms with Crippen molar-refractivity contribution in [3.8, 4) is 5.75 Å². The molecular weight excluding hydrogens is 282 g/mol. The van der Waals surface area contributed by atoms with Gasteiger partial charge in [0.05, 0.1) is 18.8 Å². The van der Waals surface area contributed by atoms with Crippen molar-refractivity contribution in [1.29, 1.82) is 0 Å². The van der Waals surface area contributed by atoms with Crippen LogP contribution < -0.4 is 10.5 Å². The fourth-order valence-electron chi connectivity index (χ4n) is 1.67. The minimum absolute atomic E-state index is 0.110. The zero-order chi connectivity index (χ0) is 13.0. The smallest absolute Gasteiger partial charge is 0.124 e. The summed E-state index contributed by atoms with van der Waals surface area (Å²) in [6.45, 7) is 6.40. The van der Waals surface area contributed by atoms with Crippen molar-refractivity contribution >= 4 is 15.9 Å². The first-order valence-corrected chi connectivity index (χ1v) is 6.62. The summed E-state index contributed by atoms with van der Waals surface area (Å²) < 4.78 is 6.46. The summed E-state index contributed by atoms with van der Waals surface area (Å²) in [7, 11) is 0. The van der Waals surface area contributed by atoms with E-state index in [2.05, 4.69) is 15.9 Å². The van der Waals surface area contributed by atoms with E-state index >= 15 is 0 Å². The molecule has 1 aromatic rings. The maximum Gasteiger partial charge on any atom is 0.124 e. The Kier molecular flexibility index (Phi) is 5.43. The van der Waals surface area contributed by atoms with Crippen LogP contribution in [0.1, 0.15) is 32.4 Å². The zero-order valence-corrected chi connectivity index (χ0v) is 12.1. The van der Waals surface area contributed by atoms with Crippen LogP contribution in [0.25, 0.3) is 0 Å². The molecule has 0 aliphatic heterocycles. The Hall–Kier alpha value is -0.580. The molecule has 0 bridgehead atoms. The van der Waals surface area contributed by atoms with Crippen molar-refractivity contribution in [1.82, 2.24) is 0 Å². The number of ether oxygens (including phenoxy) is 1. The standard InChI is InChI=1S/C13H20BrNO2/c1-4-17-11-6-5-9(14)7-10(11)12(15)13(16)8(2)3/h5-8,12-13,16H,4,15H2,1-3H3/t12-,13+/m1/s1. The molecule has 4 heteroatoms. The van der Waals surface area contributed by atoms with Gasteiger partial charge in [0, 0.05) is 10.0 Å². The summed E-state index contributed by atoms with van der Waals surface area (Å²) in [6.07, 6.45) is -0.580. The molecule has 0 aliphatic carbocycles. The molecule has 0 spiro atoms. The molecule has 0 saturated heterocycles. The maximum absolute atomic E-state index is 10.0. The van der Waals surface area contributed by atoms with Crippen LogP contribution in [-0.2, 0) is 0 Å². The van der Waals surface area contributed by atoms with Crippen LogP contribution in [0.5, 0.6) is 5.75 Å². The number of halogens is 1. The number of rotatable bonds is 5. The Morgan fingerprint density at radius 3 is 2.59 bits per heavy atom. The van der Waals surface area contributed by atoms with Crippen molar-refractivity contribution < 1.29 is 9.84 Å². The second kappa shape index (κ2) is 6.38. The fraction of sp³-hybridized carbons (Fsp3) is 0.538.